The minimum Gasteiger partial charge on any atom is -0.372 e. The fraction of sp³-hybridized carbons (Fsp3) is 0.364. The topological polar surface area (TPSA) is 61.4 Å². The molecule has 1 saturated heterocycles. The highest BCUT2D eigenvalue weighted by Gasteiger charge is 2.48. The Balaban J connectivity index is 1.30. The maximum absolute atomic E-state index is 12.4. The molecule has 1 aliphatic heterocycles. The number of anilines is 3. The number of benzene rings is 2. The summed E-state index contributed by atoms with van der Waals surface area (Å²) in [6, 6.07) is 15.7. The Morgan fingerprint density at radius 3 is 2.15 bits per heavy atom. The van der Waals surface area contributed by atoms with Crippen LogP contribution in [0.25, 0.3) is 0 Å². The monoisotopic (exact) mass is 363 g/mol. The molecule has 1 saturated carbocycles. The van der Waals surface area contributed by atoms with Gasteiger partial charge in [-0.15, -0.1) is 0 Å². The van der Waals surface area contributed by atoms with Crippen LogP contribution in [0.2, 0.25) is 0 Å². The Hall–Kier alpha value is -2.82. The van der Waals surface area contributed by atoms with Crippen LogP contribution < -0.4 is 15.5 Å². The van der Waals surface area contributed by atoms with Crippen LogP contribution in [0.15, 0.2) is 48.5 Å². The summed E-state index contributed by atoms with van der Waals surface area (Å²) in [5.74, 6) is -0.638. The van der Waals surface area contributed by atoms with E-state index < -0.39 is 0 Å². The van der Waals surface area contributed by atoms with Gasteiger partial charge in [0.2, 0.25) is 11.8 Å². The maximum atomic E-state index is 12.4. The average Bonchev–Trinajstić information content (AvgIpc) is 3.29. The lowest BCUT2D eigenvalue weighted by Crippen LogP contribution is -2.21. The highest BCUT2D eigenvalue weighted by atomic mass is 16.2. The van der Waals surface area contributed by atoms with E-state index in [4.69, 9.17) is 0 Å². The average molecular weight is 363 g/mol. The van der Waals surface area contributed by atoms with Gasteiger partial charge in [-0.3, -0.25) is 9.59 Å². The number of carbonyl (C=O) groups excluding carboxylic acids is 2. The SMILES string of the molecule is Cc1cccc(NC(=O)C2CC2C(=O)Nc2ccc(N3CCCC3)cc2)c1. The third-order valence-electron chi connectivity index (χ3n) is 5.36. The summed E-state index contributed by atoms with van der Waals surface area (Å²) < 4.78 is 0. The highest BCUT2D eigenvalue weighted by Crippen LogP contribution is 2.40. The lowest BCUT2D eigenvalue weighted by atomic mass is 10.2. The van der Waals surface area contributed by atoms with E-state index in [1.165, 1.54) is 18.5 Å². The molecule has 2 aromatic carbocycles. The first-order valence-electron chi connectivity index (χ1n) is 9.63. The second-order valence-corrected chi connectivity index (χ2v) is 7.54. The lowest BCUT2D eigenvalue weighted by molar-refractivity contribution is -0.122. The first kappa shape index (κ1) is 17.6. The highest BCUT2D eigenvalue weighted by molar-refractivity contribution is 6.03. The number of hydrogen-bond donors (Lipinski definition) is 2. The molecule has 4 rings (SSSR count). The van der Waals surface area contributed by atoms with E-state index in [9.17, 15) is 9.59 Å². The number of aryl methyl sites for hydroxylation is 1. The van der Waals surface area contributed by atoms with Crippen LogP contribution in [-0.4, -0.2) is 24.9 Å². The zero-order valence-corrected chi connectivity index (χ0v) is 15.6. The zero-order chi connectivity index (χ0) is 18.8. The van der Waals surface area contributed by atoms with Crippen molar-refractivity contribution >= 4 is 28.9 Å². The molecule has 27 heavy (non-hydrogen) atoms. The fourth-order valence-electron chi connectivity index (χ4n) is 3.70. The Morgan fingerprint density at radius 2 is 1.52 bits per heavy atom. The molecule has 5 nitrogen and oxygen atoms in total. The molecule has 2 N–H and O–H groups in total. The summed E-state index contributed by atoms with van der Waals surface area (Å²) in [4.78, 5) is 27.1. The van der Waals surface area contributed by atoms with E-state index in [2.05, 4.69) is 27.7 Å². The molecule has 2 amide bonds. The van der Waals surface area contributed by atoms with Crippen molar-refractivity contribution < 1.29 is 9.59 Å². The predicted molar refractivity (Wildman–Crippen MR) is 108 cm³/mol. The molecule has 2 aromatic rings. The van der Waals surface area contributed by atoms with Crippen molar-refractivity contribution in [1.29, 1.82) is 0 Å². The summed E-state index contributed by atoms with van der Waals surface area (Å²) in [5.41, 5.74) is 3.86. The number of carbonyl (C=O) groups is 2. The van der Waals surface area contributed by atoms with Gasteiger partial charge in [-0.25, -0.2) is 0 Å². The van der Waals surface area contributed by atoms with Gasteiger partial charge in [-0.05, 0) is 68.1 Å². The van der Waals surface area contributed by atoms with Gasteiger partial charge < -0.3 is 15.5 Å². The van der Waals surface area contributed by atoms with Crippen molar-refractivity contribution in [2.45, 2.75) is 26.2 Å². The van der Waals surface area contributed by atoms with Crippen LogP contribution in [0.1, 0.15) is 24.8 Å². The summed E-state index contributed by atoms with van der Waals surface area (Å²) in [6.45, 7) is 4.19. The third kappa shape index (κ3) is 4.13. The Bertz CT molecular complexity index is 841. The molecule has 1 aliphatic carbocycles. The van der Waals surface area contributed by atoms with Crippen molar-refractivity contribution in [3.63, 3.8) is 0 Å². The minimum absolute atomic E-state index is 0.0756. The predicted octanol–water partition coefficient (Wildman–Crippen LogP) is 3.81. The number of nitrogens with zero attached hydrogens (tertiary/aromatic N) is 1. The Kier molecular flexibility index (Phi) is 4.84. The number of amides is 2. The first-order chi connectivity index (χ1) is 13.1. The number of nitrogens with one attached hydrogen (secondary N) is 2. The normalized spacial score (nSPS) is 21.0. The van der Waals surface area contributed by atoms with Crippen LogP contribution in [0.5, 0.6) is 0 Å². The molecule has 5 heteroatoms. The number of hydrogen-bond acceptors (Lipinski definition) is 3. The van der Waals surface area contributed by atoms with E-state index in [0.717, 1.165) is 30.0 Å². The lowest BCUT2D eigenvalue weighted by Gasteiger charge is -2.17. The summed E-state index contributed by atoms with van der Waals surface area (Å²) in [7, 11) is 0. The van der Waals surface area contributed by atoms with E-state index in [-0.39, 0.29) is 23.7 Å². The zero-order valence-electron chi connectivity index (χ0n) is 15.6. The molecule has 0 radical (unpaired) electrons. The van der Waals surface area contributed by atoms with E-state index in [0.29, 0.717) is 6.42 Å². The Labute approximate surface area is 159 Å². The van der Waals surface area contributed by atoms with Gasteiger partial charge in [0, 0.05) is 30.2 Å². The molecule has 0 spiro atoms. The minimum atomic E-state index is -0.243. The molecule has 140 valence electrons. The Morgan fingerprint density at radius 1 is 0.889 bits per heavy atom. The molecule has 2 unspecified atom stereocenters. The summed E-state index contributed by atoms with van der Waals surface area (Å²) in [5, 5.41) is 5.85. The molecule has 2 aliphatic rings. The van der Waals surface area contributed by atoms with Crippen LogP contribution >= 0.6 is 0 Å². The van der Waals surface area contributed by atoms with E-state index in [1.807, 2.05) is 43.3 Å². The quantitative estimate of drug-likeness (QED) is 0.849. The second kappa shape index (κ2) is 7.43. The van der Waals surface area contributed by atoms with Gasteiger partial charge in [0.25, 0.3) is 0 Å². The maximum Gasteiger partial charge on any atom is 0.228 e. The van der Waals surface area contributed by atoms with E-state index >= 15 is 0 Å². The second-order valence-electron chi connectivity index (χ2n) is 7.54. The largest absolute Gasteiger partial charge is 0.372 e. The van der Waals surface area contributed by atoms with Gasteiger partial charge >= 0.3 is 0 Å². The van der Waals surface area contributed by atoms with Crippen LogP contribution in [0.4, 0.5) is 17.1 Å². The molecule has 1 heterocycles. The van der Waals surface area contributed by atoms with Gasteiger partial charge in [-0.2, -0.15) is 0 Å². The van der Waals surface area contributed by atoms with Crippen molar-refractivity contribution in [3.8, 4) is 0 Å². The van der Waals surface area contributed by atoms with Crippen molar-refractivity contribution in [3.05, 3.63) is 54.1 Å². The van der Waals surface area contributed by atoms with Gasteiger partial charge in [0.05, 0.1) is 11.8 Å². The van der Waals surface area contributed by atoms with Crippen LogP contribution in [0.3, 0.4) is 0 Å². The smallest absolute Gasteiger partial charge is 0.228 e. The van der Waals surface area contributed by atoms with Gasteiger partial charge in [-0.1, -0.05) is 12.1 Å². The first-order valence-corrected chi connectivity index (χ1v) is 9.63. The van der Waals surface area contributed by atoms with Gasteiger partial charge in [0.15, 0.2) is 0 Å². The van der Waals surface area contributed by atoms with Crippen LogP contribution in [-0.2, 0) is 9.59 Å². The molecular weight excluding hydrogens is 338 g/mol. The van der Waals surface area contributed by atoms with Crippen molar-refractivity contribution in [1.82, 2.24) is 0 Å². The molecule has 2 fully saturated rings. The van der Waals surface area contributed by atoms with Crippen molar-refractivity contribution in [2.24, 2.45) is 11.8 Å². The fourth-order valence-corrected chi connectivity index (χ4v) is 3.70. The molecule has 0 aromatic heterocycles. The van der Waals surface area contributed by atoms with Gasteiger partial charge in [0.1, 0.15) is 0 Å². The molecular formula is C22H25N3O2. The third-order valence-corrected chi connectivity index (χ3v) is 5.36. The summed E-state index contributed by atoms with van der Waals surface area (Å²) >= 11 is 0. The molecule has 2 atom stereocenters. The van der Waals surface area contributed by atoms with E-state index in [1.54, 1.807) is 0 Å². The standard InChI is InChI=1S/C22H25N3O2/c1-15-5-4-6-17(13-15)24-22(27)20-14-19(20)21(26)23-16-7-9-18(10-8-16)25-11-2-3-12-25/h4-10,13,19-20H,2-3,11-12,14H2,1H3,(H,23,26)(H,24,27). The molecule has 0 bridgehead atoms. The van der Waals surface area contributed by atoms with Crippen LogP contribution in [0, 0.1) is 18.8 Å². The number of rotatable bonds is 5. The summed E-state index contributed by atoms with van der Waals surface area (Å²) in [6.07, 6.45) is 3.09. The van der Waals surface area contributed by atoms with Crippen molar-refractivity contribution in [2.75, 3.05) is 28.6 Å².